The lowest BCUT2D eigenvalue weighted by Crippen LogP contribution is -2.29. The second-order valence-electron chi connectivity index (χ2n) is 8.24. The molecule has 0 bridgehead atoms. The number of thiocarbonyl (C=S) groups is 1. The Morgan fingerprint density at radius 1 is 1.21 bits per heavy atom. The molecular formula is C23H27N5O3S2. The van der Waals surface area contributed by atoms with Gasteiger partial charge in [-0.05, 0) is 68.0 Å². The molecule has 0 amide bonds. The monoisotopic (exact) mass is 485 g/mol. The van der Waals surface area contributed by atoms with E-state index in [1.807, 2.05) is 29.2 Å². The van der Waals surface area contributed by atoms with Gasteiger partial charge in [0.05, 0.1) is 36.8 Å². The molecule has 2 aromatic heterocycles. The molecule has 1 fully saturated rings. The Kier molecular flexibility index (Phi) is 6.31. The van der Waals surface area contributed by atoms with E-state index in [2.05, 4.69) is 51.9 Å². The Bertz CT molecular complexity index is 1260. The summed E-state index contributed by atoms with van der Waals surface area (Å²) in [6.45, 7) is 4.25. The number of aromatic nitrogens is 2. The average Bonchev–Trinajstić information content (AvgIpc) is 3.38. The zero-order valence-electron chi connectivity index (χ0n) is 18.9. The molecule has 8 nitrogen and oxygen atoms in total. The van der Waals surface area contributed by atoms with Gasteiger partial charge in [-0.25, -0.2) is 8.42 Å². The van der Waals surface area contributed by atoms with Crippen LogP contribution in [0.2, 0.25) is 0 Å². The van der Waals surface area contributed by atoms with Crippen LogP contribution in [0.1, 0.15) is 43.2 Å². The Morgan fingerprint density at radius 3 is 2.61 bits per heavy atom. The van der Waals surface area contributed by atoms with Crippen LogP contribution in [0.15, 0.2) is 61.1 Å². The Labute approximate surface area is 199 Å². The third kappa shape index (κ3) is 4.81. The maximum atomic E-state index is 11.9. The maximum Gasteiger partial charge on any atom is 0.229 e. The minimum absolute atomic E-state index is 0.185. The number of ether oxygens (including phenoxy) is 1. The number of pyridine rings is 1. The molecule has 2 atom stereocenters. The van der Waals surface area contributed by atoms with E-state index in [1.54, 1.807) is 18.3 Å². The number of nitrogens with one attached hydrogen (secondary N) is 2. The molecule has 4 rings (SSSR count). The van der Waals surface area contributed by atoms with Gasteiger partial charge in [0.15, 0.2) is 5.11 Å². The predicted molar refractivity (Wildman–Crippen MR) is 134 cm³/mol. The first-order chi connectivity index (χ1) is 15.7. The minimum Gasteiger partial charge on any atom is -0.495 e. The number of hydrogen-bond donors (Lipinski definition) is 2. The predicted octanol–water partition coefficient (Wildman–Crippen LogP) is 4.02. The fraction of sp³-hybridized carbons (Fsp3) is 0.304. The summed E-state index contributed by atoms with van der Waals surface area (Å²) in [5.41, 5.74) is 3.02. The van der Waals surface area contributed by atoms with Crippen LogP contribution in [0.3, 0.4) is 0 Å². The first-order valence-corrected chi connectivity index (χ1v) is 12.8. The molecule has 2 N–H and O–H groups in total. The highest BCUT2D eigenvalue weighted by atomic mass is 32.2. The van der Waals surface area contributed by atoms with E-state index in [-0.39, 0.29) is 12.1 Å². The van der Waals surface area contributed by atoms with E-state index < -0.39 is 10.0 Å². The number of nitrogens with zero attached hydrogens (tertiary/aromatic N) is 3. The van der Waals surface area contributed by atoms with Gasteiger partial charge in [-0.2, -0.15) is 0 Å². The van der Waals surface area contributed by atoms with Crippen molar-refractivity contribution >= 4 is 38.7 Å². The van der Waals surface area contributed by atoms with Crippen molar-refractivity contribution in [1.82, 2.24) is 14.9 Å². The van der Waals surface area contributed by atoms with Gasteiger partial charge < -0.3 is 19.5 Å². The van der Waals surface area contributed by atoms with Crippen molar-refractivity contribution in [2.24, 2.45) is 0 Å². The zero-order chi connectivity index (χ0) is 23.8. The molecule has 1 aliphatic heterocycles. The fourth-order valence-corrected chi connectivity index (χ4v) is 4.93. The Balaban J connectivity index is 1.83. The third-order valence-electron chi connectivity index (χ3n) is 5.53. The quantitative estimate of drug-likeness (QED) is 0.489. The van der Waals surface area contributed by atoms with Crippen LogP contribution in [0.25, 0.3) is 0 Å². The molecule has 1 saturated heterocycles. The van der Waals surface area contributed by atoms with E-state index >= 15 is 0 Å². The van der Waals surface area contributed by atoms with E-state index in [4.69, 9.17) is 17.0 Å². The largest absolute Gasteiger partial charge is 0.495 e. The Morgan fingerprint density at radius 2 is 2.00 bits per heavy atom. The van der Waals surface area contributed by atoms with Crippen LogP contribution in [0, 0.1) is 0 Å². The molecule has 0 spiro atoms. The molecule has 1 aliphatic rings. The molecule has 0 aliphatic carbocycles. The van der Waals surface area contributed by atoms with Crippen molar-refractivity contribution in [3.05, 3.63) is 72.3 Å². The highest BCUT2D eigenvalue weighted by molar-refractivity contribution is 7.92. The molecule has 1 aromatic carbocycles. The second-order valence-corrected chi connectivity index (χ2v) is 10.4. The van der Waals surface area contributed by atoms with Gasteiger partial charge in [-0.15, -0.1) is 0 Å². The first kappa shape index (κ1) is 23.1. The minimum atomic E-state index is -3.50. The van der Waals surface area contributed by atoms with E-state index in [1.165, 1.54) is 7.11 Å². The number of benzene rings is 1. The van der Waals surface area contributed by atoms with Crippen LogP contribution >= 0.6 is 12.2 Å². The van der Waals surface area contributed by atoms with Gasteiger partial charge >= 0.3 is 0 Å². The molecule has 3 aromatic rings. The summed E-state index contributed by atoms with van der Waals surface area (Å²) in [4.78, 5) is 6.57. The van der Waals surface area contributed by atoms with Crippen molar-refractivity contribution in [2.75, 3.05) is 23.0 Å². The van der Waals surface area contributed by atoms with Crippen molar-refractivity contribution in [3.63, 3.8) is 0 Å². The standard InChI is InChI=1S/C23H27N5O3S2/c1-15(2)27-12-10-16(14-27)22-21(18-7-5-6-11-24-18)25-23(32)28(22)17-8-9-20(31-3)19(13-17)26-33(4,29)30/h5-15,21-22,26H,1-4H3,(H,25,32)/t21-,22+/m0/s1. The van der Waals surface area contributed by atoms with Gasteiger partial charge in [0.2, 0.25) is 10.0 Å². The van der Waals surface area contributed by atoms with Crippen LogP contribution in [-0.4, -0.2) is 36.4 Å². The lowest BCUT2D eigenvalue weighted by Gasteiger charge is -2.28. The summed E-state index contributed by atoms with van der Waals surface area (Å²) < 4.78 is 33.9. The molecular weight excluding hydrogens is 458 g/mol. The SMILES string of the molecule is COc1ccc(N2C(=S)N[C@@H](c3ccccn3)[C@H]2c2ccn(C(C)C)c2)cc1NS(C)(=O)=O. The number of anilines is 2. The van der Waals surface area contributed by atoms with Gasteiger partial charge in [-0.1, -0.05) is 6.07 Å². The van der Waals surface area contributed by atoms with Crippen molar-refractivity contribution < 1.29 is 13.2 Å². The van der Waals surface area contributed by atoms with Crippen LogP contribution in [-0.2, 0) is 10.0 Å². The average molecular weight is 486 g/mol. The lowest BCUT2D eigenvalue weighted by molar-refractivity contribution is 0.417. The van der Waals surface area contributed by atoms with E-state index in [9.17, 15) is 8.42 Å². The topological polar surface area (TPSA) is 88.5 Å². The molecule has 174 valence electrons. The highest BCUT2D eigenvalue weighted by Gasteiger charge is 2.41. The van der Waals surface area contributed by atoms with Crippen molar-refractivity contribution in [1.29, 1.82) is 0 Å². The van der Waals surface area contributed by atoms with Gasteiger partial charge in [0, 0.05) is 30.3 Å². The zero-order valence-corrected chi connectivity index (χ0v) is 20.5. The third-order valence-corrected chi connectivity index (χ3v) is 6.44. The molecule has 3 heterocycles. The van der Waals surface area contributed by atoms with Gasteiger partial charge in [0.25, 0.3) is 0 Å². The molecule has 33 heavy (non-hydrogen) atoms. The van der Waals surface area contributed by atoms with E-state index in [0.29, 0.717) is 22.6 Å². The van der Waals surface area contributed by atoms with E-state index in [0.717, 1.165) is 23.2 Å². The molecule has 10 heteroatoms. The van der Waals surface area contributed by atoms with Crippen LogP contribution in [0.5, 0.6) is 5.75 Å². The normalized spacial score (nSPS) is 18.5. The summed E-state index contributed by atoms with van der Waals surface area (Å²) in [5, 5.41) is 3.95. The van der Waals surface area contributed by atoms with Gasteiger partial charge in [0.1, 0.15) is 5.75 Å². The number of hydrogen-bond acceptors (Lipinski definition) is 5. The number of sulfonamides is 1. The van der Waals surface area contributed by atoms with Gasteiger partial charge in [-0.3, -0.25) is 9.71 Å². The number of methoxy groups -OCH3 is 1. The number of rotatable bonds is 7. The molecule has 0 unspecified atom stereocenters. The Hall–Kier alpha value is -3.11. The molecule has 0 saturated carbocycles. The summed E-state index contributed by atoms with van der Waals surface area (Å²) in [7, 11) is -2.00. The molecule has 0 radical (unpaired) electrons. The van der Waals surface area contributed by atoms with Crippen LogP contribution in [0.4, 0.5) is 11.4 Å². The lowest BCUT2D eigenvalue weighted by atomic mass is 9.98. The summed E-state index contributed by atoms with van der Waals surface area (Å²) >= 11 is 5.76. The maximum absolute atomic E-state index is 11.9. The highest BCUT2D eigenvalue weighted by Crippen LogP contribution is 2.43. The summed E-state index contributed by atoms with van der Waals surface area (Å²) in [6.07, 6.45) is 7.04. The van der Waals surface area contributed by atoms with Crippen molar-refractivity contribution in [2.45, 2.75) is 32.0 Å². The van der Waals surface area contributed by atoms with Crippen molar-refractivity contribution in [3.8, 4) is 5.75 Å². The fourth-order valence-electron chi connectivity index (χ4n) is 4.02. The second kappa shape index (κ2) is 9.03. The smallest absolute Gasteiger partial charge is 0.229 e. The first-order valence-electron chi connectivity index (χ1n) is 10.5. The summed E-state index contributed by atoms with van der Waals surface area (Å²) in [5.74, 6) is 0.422. The summed E-state index contributed by atoms with van der Waals surface area (Å²) in [6, 6.07) is 13.2. The van der Waals surface area contributed by atoms with Crippen LogP contribution < -0.4 is 19.7 Å².